The Labute approximate surface area is 187 Å². The largest absolute Gasteiger partial charge is 0.494 e. The van der Waals surface area contributed by atoms with Crippen LogP contribution in [0.1, 0.15) is 19.4 Å². The van der Waals surface area contributed by atoms with E-state index < -0.39 is 11.8 Å². The molecule has 0 aromatic heterocycles. The zero-order valence-electron chi connectivity index (χ0n) is 18.4. The van der Waals surface area contributed by atoms with Gasteiger partial charge in [-0.05, 0) is 55.2 Å². The molecule has 0 bridgehead atoms. The summed E-state index contributed by atoms with van der Waals surface area (Å²) in [7, 11) is 0. The van der Waals surface area contributed by atoms with E-state index in [0.717, 1.165) is 5.56 Å². The molecular weight excluding hydrogens is 411 g/mol. The number of benzene rings is 2. The zero-order valence-corrected chi connectivity index (χ0v) is 18.4. The van der Waals surface area contributed by atoms with Crippen molar-refractivity contribution >= 4 is 12.4 Å². The maximum atomic E-state index is 14.8. The van der Waals surface area contributed by atoms with Gasteiger partial charge < -0.3 is 14.2 Å². The average molecular weight is 438 g/mol. The van der Waals surface area contributed by atoms with Gasteiger partial charge in [-0.1, -0.05) is 44.0 Å². The second kappa shape index (κ2) is 11.6. The van der Waals surface area contributed by atoms with E-state index >= 15 is 0 Å². The topological polar surface area (TPSA) is 61.8 Å². The zero-order chi connectivity index (χ0) is 23.7. The summed E-state index contributed by atoms with van der Waals surface area (Å²) in [6.45, 7) is 15.2. The van der Waals surface area contributed by atoms with E-state index in [2.05, 4.69) is 19.7 Å². The number of ether oxygens (including phenoxy) is 3. The van der Waals surface area contributed by atoms with Crippen LogP contribution in [-0.2, 0) is 25.5 Å². The van der Waals surface area contributed by atoms with E-state index in [1.54, 1.807) is 44.2 Å². The second-order valence-electron chi connectivity index (χ2n) is 7.52. The highest BCUT2D eigenvalue weighted by molar-refractivity contribution is 5.88. The molecule has 2 rings (SSSR count). The van der Waals surface area contributed by atoms with Crippen LogP contribution in [0.2, 0.25) is 0 Å². The predicted octanol–water partition coefficient (Wildman–Crippen LogP) is 5.41. The number of halogens is 1. The van der Waals surface area contributed by atoms with Gasteiger partial charge in [0.15, 0.2) is 0 Å². The van der Waals surface area contributed by atoms with Crippen LogP contribution in [0, 0.1) is 11.7 Å². The predicted molar refractivity (Wildman–Crippen MR) is 121 cm³/mol. The van der Waals surface area contributed by atoms with Crippen LogP contribution in [0.15, 0.2) is 79.1 Å². The van der Waals surface area contributed by atoms with Crippen molar-refractivity contribution in [3.63, 3.8) is 0 Å². The van der Waals surface area contributed by atoms with Crippen molar-refractivity contribution in [1.82, 2.24) is 0 Å². The quantitative estimate of drug-likeness (QED) is 0.111. The van der Waals surface area contributed by atoms with Crippen molar-refractivity contribution in [3.8, 4) is 16.9 Å². The molecule has 6 heteroatoms. The van der Waals surface area contributed by atoms with Gasteiger partial charge >= 0.3 is 5.97 Å². The van der Waals surface area contributed by atoms with Gasteiger partial charge in [0.2, 0.25) is 0 Å². The first-order valence-corrected chi connectivity index (χ1v) is 10.0. The van der Waals surface area contributed by atoms with Crippen molar-refractivity contribution in [2.24, 2.45) is 5.92 Å². The Kier molecular flexibility index (Phi) is 8.95. The third-order valence-electron chi connectivity index (χ3n) is 4.65. The molecule has 1 unspecified atom stereocenters. The molecule has 0 radical (unpaired) electrons. The lowest BCUT2D eigenvalue weighted by Crippen LogP contribution is -2.19. The van der Waals surface area contributed by atoms with Gasteiger partial charge in [0.1, 0.15) is 17.3 Å². The monoisotopic (exact) mass is 438 g/mol. The minimum Gasteiger partial charge on any atom is -0.494 e. The molecule has 0 aliphatic heterocycles. The Bertz CT molecular complexity index is 1010. The molecule has 168 valence electrons. The highest BCUT2D eigenvalue weighted by Gasteiger charge is 2.15. The number of carbonyl (C=O) groups excluding carboxylic acids is 2. The van der Waals surface area contributed by atoms with Crippen LogP contribution < -0.4 is 4.74 Å². The maximum absolute atomic E-state index is 14.8. The van der Waals surface area contributed by atoms with Crippen LogP contribution in [0.25, 0.3) is 11.1 Å². The van der Waals surface area contributed by atoms with E-state index in [0.29, 0.717) is 46.7 Å². The molecule has 0 N–H and O–H groups in total. The third-order valence-corrected chi connectivity index (χ3v) is 4.65. The highest BCUT2D eigenvalue weighted by atomic mass is 19.1. The number of allylic oxidation sites excluding steroid dienone is 1. The summed E-state index contributed by atoms with van der Waals surface area (Å²) < 4.78 is 30.5. The fraction of sp³-hybridized carbons (Fsp3) is 0.231. The second-order valence-corrected chi connectivity index (χ2v) is 7.52. The molecule has 0 aliphatic carbocycles. The van der Waals surface area contributed by atoms with Crippen LogP contribution >= 0.6 is 0 Å². The first kappa shape index (κ1) is 24.6. The highest BCUT2D eigenvalue weighted by Crippen LogP contribution is 2.27. The van der Waals surface area contributed by atoms with Crippen LogP contribution in [0.3, 0.4) is 0 Å². The number of esters is 1. The van der Waals surface area contributed by atoms with Gasteiger partial charge in [0, 0.05) is 17.1 Å². The third kappa shape index (κ3) is 7.23. The van der Waals surface area contributed by atoms with E-state index in [-0.39, 0.29) is 19.1 Å². The molecule has 0 heterocycles. The molecule has 0 saturated carbocycles. The molecule has 0 fully saturated rings. The maximum Gasteiger partial charge on any atom is 0.338 e. The normalized spacial score (nSPS) is 11.2. The lowest BCUT2D eigenvalue weighted by Gasteiger charge is -2.18. The first-order valence-electron chi connectivity index (χ1n) is 10.0. The average Bonchev–Trinajstić information content (AvgIpc) is 2.76. The first-order chi connectivity index (χ1) is 15.2. The number of hydrogen-bond donors (Lipinski definition) is 0. The molecule has 0 spiro atoms. The van der Waals surface area contributed by atoms with Gasteiger partial charge in [0.25, 0.3) is 6.47 Å². The fourth-order valence-corrected chi connectivity index (χ4v) is 2.83. The Hall–Kier alpha value is -3.67. The van der Waals surface area contributed by atoms with Crippen LogP contribution in [-0.4, -0.2) is 25.7 Å². The Morgan fingerprint density at radius 3 is 2.28 bits per heavy atom. The van der Waals surface area contributed by atoms with E-state index in [1.807, 2.05) is 6.07 Å². The Morgan fingerprint density at radius 2 is 1.72 bits per heavy atom. The van der Waals surface area contributed by atoms with Gasteiger partial charge in [-0.3, -0.25) is 4.79 Å². The summed E-state index contributed by atoms with van der Waals surface area (Å²) >= 11 is 0. The minimum absolute atomic E-state index is 0.140. The summed E-state index contributed by atoms with van der Waals surface area (Å²) in [6, 6.07) is 11.5. The smallest absolute Gasteiger partial charge is 0.338 e. The summed E-state index contributed by atoms with van der Waals surface area (Å²) in [4.78, 5) is 22.2. The van der Waals surface area contributed by atoms with Crippen molar-refractivity contribution in [2.75, 3.05) is 13.2 Å². The lowest BCUT2D eigenvalue weighted by molar-refractivity contribution is -0.131. The van der Waals surface area contributed by atoms with Gasteiger partial charge in [-0.15, -0.1) is 0 Å². The van der Waals surface area contributed by atoms with Crippen molar-refractivity contribution < 1.29 is 28.2 Å². The van der Waals surface area contributed by atoms with E-state index in [9.17, 15) is 14.0 Å². The van der Waals surface area contributed by atoms with Crippen LogP contribution in [0.4, 0.5) is 4.39 Å². The summed E-state index contributed by atoms with van der Waals surface area (Å²) in [5, 5.41) is 0. The number of carbonyl (C=O) groups is 2. The molecule has 2 aromatic carbocycles. The molecule has 5 nitrogen and oxygen atoms in total. The molecule has 0 aliphatic rings. The Balaban J connectivity index is 2.11. The van der Waals surface area contributed by atoms with Crippen molar-refractivity contribution in [1.29, 1.82) is 0 Å². The van der Waals surface area contributed by atoms with E-state index in [4.69, 9.17) is 14.2 Å². The van der Waals surface area contributed by atoms with Crippen LogP contribution in [0.5, 0.6) is 5.75 Å². The van der Waals surface area contributed by atoms with Gasteiger partial charge in [0.05, 0.1) is 13.2 Å². The van der Waals surface area contributed by atoms with Crippen molar-refractivity contribution in [3.05, 3.63) is 90.5 Å². The lowest BCUT2D eigenvalue weighted by atomic mass is 9.97. The molecule has 0 saturated heterocycles. The summed E-state index contributed by atoms with van der Waals surface area (Å²) in [5.74, 6) is -0.273. The van der Waals surface area contributed by atoms with Gasteiger partial charge in [-0.2, -0.15) is 0 Å². The summed E-state index contributed by atoms with van der Waals surface area (Å²) in [5.41, 5.74) is 2.80. The van der Waals surface area contributed by atoms with Gasteiger partial charge in [-0.25, -0.2) is 9.18 Å². The minimum atomic E-state index is -0.516. The number of hydrogen-bond acceptors (Lipinski definition) is 5. The van der Waals surface area contributed by atoms with Crippen molar-refractivity contribution in [2.45, 2.75) is 20.3 Å². The SMILES string of the molecule is C=C(C)C(=C)OCC(COC=O)Cc1ccc(-c2ccc(OC(=O)C(=C)C)cc2)c(F)c1. The molecule has 1 atom stereocenters. The Morgan fingerprint density at radius 1 is 1.03 bits per heavy atom. The molecule has 0 amide bonds. The summed E-state index contributed by atoms with van der Waals surface area (Å²) in [6.07, 6.45) is 0.449. The molecule has 2 aromatic rings. The van der Waals surface area contributed by atoms with E-state index in [1.165, 1.54) is 6.07 Å². The fourth-order valence-electron chi connectivity index (χ4n) is 2.83. The number of rotatable bonds is 12. The molecule has 32 heavy (non-hydrogen) atoms. The molecular formula is C26H27FO5. The standard InChI is InChI=1S/C26H27FO5/c1-17(2)19(5)31-15-21(14-30-16-28)12-20-6-11-24(25(27)13-20)22-7-9-23(10-8-22)32-26(29)18(3)4/h6-11,13,16,21H,1,3,5,12,14-15H2,2,4H3.